The quantitative estimate of drug-likeness (QED) is 0.710. The van der Waals surface area contributed by atoms with E-state index in [4.69, 9.17) is 0 Å². The lowest BCUT2D eigenvalue weighted by Gasteiger charge is -1.96. The van der Waals surface area contributed by atoms with Gasteiger partial charge in [0.2, 0.25) is 0 Å². The van der Waals surface area contributed by atoms with Crippen LogP contribution in [0.3, 0.4) is 0 Å². The number of aromatic nitrogens is 3. The molecule has 0 atom stereocenters. The van der Waals surface area contributed by atoms with Gasteiger partial charge in [0, 0.05) is 12.6 Å². The van der Waals surface area contributed by atoms with E-state index in [0.717, 1.165) is 25.0 Å². The molecule has 1 fully saturated rings. The molecule has 0 radical (unpaired) electrons. The van der Waals surface area contributed by atoms with E-state index in [1.54, 1.807) is 6.33 Å². The molecular formula is C8H14N4. The van der Waals surface area contributed by atoms with E-state index in [-0.39, 0.29) is 0 Å². The Morgan fingerprint density at radius 3 is 3.08 bits per heavy atom. The van der Waals surface area contributed by atoms with Gasteiger partial charge in [-0.05, 0) is 19.8 Å². The average molecular weight is 166 g/mol. The molecule has 1 saturated carbocycles. The van der Waals surface area contributed by atoms with Crippen molar-refractivity contribution in [3.8, 4) is 0 Å². The maximum atomic E-state index is 4.27. The molecule has 1 aliphatic carbocycles. The van der Waals surface area contributed by atoms with Crippen LogP contribution < -0.4 is 5.32 Å². The molecule has 0 spiro atoms. The molecule has 4 nitrogen and oxygen atoms in total. The maximum Gasteiger partial charge on any atom is 0.164 e. The predicted octanol–water partition coefficient (Wildman–Crippen LogP) is 0.550. The molecule has 1 aromatic rings. The van der Waals surface area contributed by atoms with Crippen molar-refractivity contribution in [1.82, 2.24) is 20.1 Å². The highest BCUT2D eigenvalue weighted by atomic mass is 15.3. The molecule has 12 heavy (non-hydrogen) atoms. The Hall–Kier alpha value is -0.900. The summed E-state index contributed by atoms with van der Waals surface area (Å²) in [5.41, 5.74) is 0. The van der Waals surface area contributed by atoms with Gasteiger partial charge in [-0.2, -0.15) is 5.10 Å². The van der Waals surface area contributed by atoms with E-state index in [1.165, 1.54) is 12.8 Å². The van der Waals surface area contributed by atoms with E-state index in [2.05, 4.69) is 22.3 Å². The zero-order valence-corrected chi connectivity index (χ0v) is 7.32. The summed E-state index contributed by atoms with van der Waals surface area (Å²) < 4.78 is 1.85. The van der Waals surface area contributed by atoms with Crippen molar-refractivity contribution < 1.29 is 0 Å². The summed E-state index contributed by atoms with van der Waals surface area (Å²) in [6.07, 6.45) is 4.41. The van der Waals surface area contributed by atoms with Crippen LogP contribution in [0.4, 0.5) is 0 Å². The lowest BCUT2D eigenvalue weighted by molar-refractivity contribution is 0.616. The summed E-state index contributed by atoms with van der Waals surface area (Å²) in [5.74, 6) is 0.906. The minimum atomic E-state index is 0.735. The molecule has 66 valence electrons. The zero-order chi connectivity index (χ0) is 8.39. The fraction of sp³-hybridized carbons (Fsp3) is 0.750. The number of nitrogens with one attached hydrogen (secondary N) is 1. The number of rotatable bonds is 4. The summed E-state index contributed by atoms with van der Waals surface area (Å²) in [7, 11) is 0. The fourth-order valence-electron chi connectivity index (χ4n) is 1.09. The standard InChI is InChI=1S/C8H14N4/c1-2-12-6-10-8(11-12)5-9-7-3-4-7/h6-7,9H,2-5H2,1H3. The third kappa shape index (κ3) is 1.82. The summed E-state index contributed by atoms with van der Waals surface area (Å²) in [4.78, 5) is 4.18. The molecular weight excluding hydrogens is 152 g/mol. The lowest BCUT2D eigenvalue weighted by Crippen LogP contribution is -2.16. The molecule has 0 unspecified atom stereocenters. The van der Waals surface area contributed by atoms with Gasteiger partial charge in [0.1, 0.15) is 6.33 Å². The Bertz CT molecular complexity index is 251. The first kappa shape index (κ1) is 7.73. The molecule has 0 saturated heterocycles. The van der Waals surface area contributed by atoms with Crippen LogP contribution in [0.5, 0.6) is 0 Å². The first-order valence-corrected chi connectivity index (χ1v) is 4.50. The Morgan fingerprint density at radius 2 is 2.50 bits per heavy atom. The van der Waals surface area contributed by atoms with Crippen molar-refractivity contribution >= 4 is 0 Å². The third-order valence-electron chi connectivity index (χ3n) is 2.03. The van der Waals surface area contributed by atoms with Crippen LogP contribution in [-0.4, -0.2) is 20.8 Å². The van der Waals surface area contributed by atoms with Gasteiger partial charge in [0.25, 0.3) is 0 Å². The first-order chi connectivity index (χ1) is 5.88. The monoisotopic (exact) mass is 166 g/mol. The topological polar surface area (TPSA) is 42.7 Å². The Balaban J connectivity index is 1.84. The highest BCUT2D eigenvalue weighted by molar-refractivity contribution is 4.86. The summed E-state index contributed by atoms with van der Waals surface area (Å²) in [6, 6.07) is 0.735. The molecule has 4 heteroatoms. The Labute approximate surface area is 72.0 Å². The van der Waals surface area contributed by atoms with Gasteiger partial charge in [0.15, 0.2) is 5.82 Å². The molecule has 0 amide bonds. The van der Waals surface area contributed by atoms with E-state index in [9.17, 15) is 0 Å². The third-order valence-corrected chi connectivity index (χ3v) is 2.03. The minimum Gasteiger partial charge on any atom is -0.307 e. The average Bonchev–Trinajstić information content (AvgIpc) is 2.81. The van der Waals surface area contributed by atoms with E-state index >= 15 is 0 Å². The van der Waals surface area contributed by atoms with E-state index in [0.29, 0.717) is 0 Å². The van der Waals surface area contributed by atoms with Gasteiger partial charge in [-0.1, -0.05) is 0 Å². The molecule has 1 aromatic heterocycles. The first-order valence-electron chi connectivity index (χ1n) is 4.50. The predicted molar refractivity (Wildman–Crippen MR) is 45.6 cm³/mol. The number of hydrogen-bond donors (Lipinski definition) is 1. The van der Waals surface area contributed by atoms with Gasteiger partial charge in [0.05, 0.1) is 6.54 Å². The van der Waals surface area contributed by atoms with Crippen molar-refractivity contribution in [1.29, 1.82) is 0 Å². The summed E-state index contributed by atoms with van der Waals surface area (Å²) >= 11 is 0. The molecule has 0 aliphatic heterocycles. The van der Waals surface area contributed by atoms with Crippen LogP contribution in [0.15, 0.2) is 6.33 Å². The van der Waals surface area contributed by atoms with Gasteiger partial charge in [-0.15, -0.1) is 0 Å². The van der Waals surface area contributed by atoms with Crippen LogP contribution in [0.2, 0.25) is 0 Å². The normalized spacial score (nSPS) is 16.8. The van der Waals surface area contributed by atoms with Gasteiger partial charge < -0.3 is 5.32 Å². The van der Waals surface area contributed by atoms with Crippen LogP contribution in [0.25, 0.3) is 0 Å². The van der Waals surface area contributed by atoms with E-state index in [1.807, 2.05) is 4.68 Å². The SMILES string of the molecule is CCn1cnc(CNC2CC2)n1. The molecule has 1 aliphatic rings. The van der Waals surface area contributed by atoms with Crippen molar-refractivity contribution in [2.75, 3.05) is 0 Å². The minimum absolute atomic E-state index is 0.735. The largest absolute Gasteiger partial charge is 0.307 e. The lowest BCUT2D eigenvalue weighted by atomic mass is 10.5. The molecule has 1 heterocycles. The molecule has 2 rings (SSSR count). The van der Waals surface area contributed by atoms with E-state index < -0.39 is 0 Å². The highest BCUT2D eigenvalue weighted by Gasteiger charge is 2.20. The summed E-state index contributed by atoms with van der Waals surface area (Å²) in [6.45, 7) is 3.78. The zero-order valence-electron chi connectivity index (χ0n) is 7.32. The molecule has 0 aromatic carbocycles. The van der Waals surface area contributed by atoms with Crippen LogP contribution >= 0.6 is 0 Å². The van der Waals surface area contributed by atoms with Crippen molar-refractivity contribution in [2.24, 2.45) is 0 Å². The van der Waals surface area contributed by atoms with Crippen molar-refractivity contribution in [3.05, 3.63) is 12.2 Å². The van der Waals surface area contributed by atoms with Crippen LogP contribution in [0.1, 0.15) is 25.6 Å². The number of hydrogen-bond acceptors (Lipinski definition) is 3. The second-order valence-electron chi connectivity index (χ2n) is 3.17. The van der Waals surface area contributed by atoms with Gasteiger partial charge in [-0.3, -0.25) is 4.68 Å². The smallest absolute Gasteiger partial charge is 0.164 e. The van der Waals surface area contributed by atoms with Crippen molar-refractivity contribution in [2.45, 2.75) is 38.9 Å². The number of nitrogens with zero attached hydrogens (tertiary/aromatic N) is 3. The van der Waals surface area contributed by atoms with Crippen LogP contribution in [-0.2, 0) is 13.1 Å². The maximum absolute atomic E-state index is 4.27. The summed E-state index contributed by atoms with van der Waals surface area (Å²) in [5, 5.41) is 7.64. The number of aryl methyl sites for hydroxylation is 1. The Kier molecular flexibility index (Phi) is 2.08. The van der Waals surface area contributed by atoms with Gasteiger partial charge >= 0.3 is 0 Å². The highest BCUT2D eigenvalue weighted by Crippen LogP contribution is 2.18. The van der Waals surface area contributed by atoms with Gasteiger partial charge in [-0.25, -0.2) is 4.98 Å². The van der Waals surface area contributed by atoms with Crippen molar-refractivity contribution in [3.63, 3.8) is 0 Å². The molecule has 0 bridgehead atoms. The Morgan fingerprint density at radius 1 is 1.67 bits per heavy atom. The van der Waals surface area contributed by atoms with Crippen LogP contribution in [0, 0.1) is 0 Å². The fourth-order valence-corrected chi connectivity index (χ4v) is 1.09. The molecule has 1 N–H and O–H groups in total. The second kappa shape index (κ2) is 3.23. The second-order valence-corrected chi connectivity index (χ2v) is 3.17.